The maximum atomic E-state index is 6.20. The van der Waals surface area contributed by atoms with E-state index < -0.39 is 0 Å². The molecule has 2 N–H and O–H groups in total. The molecule has 0 fully saturated rings. The summed E-state index contributed by atoms with van der Waals surface area (Å²) in [5.74, 6) is 0. The van der Waals surface area contributed by atoms with Gasteiger partial charge >= 0.3 is 0 Å². The fraction of sp³-hybridized carbons (Fsp3) is 0.308. The molecule has 0 spiro atoms. The van der Waals surface area contributed by atoms with E-state index in [0.29, 0.717) is 0 Å². The monoisotopic (exact) mass is 293 g/mol. The van der Waals surface area contributed by atoms with Gasteiger partial charge in [0.15, 0.2) is 0 Å². The van der Waals surface area contributed by atoms with Crippen molar-refractivity contribution < 1.29 is 0 Å². The number of nitrogens with zero attached hydrogens (tertiary/aromatic N) is 2. The number of hydrogen-bond acceptors (Lipinski definition) is 2. The largest absolute Gasteiger partial charge is 0.323 e. The molecule has 1 unspecified atom stereocenters. The molecule has 3 nitrogen and oxygen atoms in total. The Hall–Kier alpha value is -1.13. The minimum absolute atomic E-state index is 0.0112. The number of benzene rings is 1. The van der Waals surface area contributed by atoms with Crippen molar-refractivity contribution in [1.82, 2.24) is 9.78 Å². The van der Waals surface area contributed by atoms with Crippen LogP contribution in [0.4, 0.5) is 0 Å². The Morgan fingerprint density at radius 2 is 2.06 bits per heavy atom. The lowest BCUT2D eigenvalue weighted by Crippen LogP contribution is -2.16. The minimum atomic E-state index is 0.0112. The SMILES string of the molecule is Cn1ncc(Br)c1C(N)CCc1ccccc1. The van der Waals surface area contributed by atoms with Gasteiger partial charge in [0.1, 0.15) is 0 Å². The lowest BCUT2D eigenvalue weighted by Gasteiger charge is -2.12. The third kappa shape index (κ3) is 2.96. The third-order valence-electron chi connectivity index (χ3n) is 2.88. The van der Waals surface area contributed by atoms with Gasteiger partial charge in [-0.05, 0) is 34.3 Å². The fourth-order valence-corrected chi connectivity index (χ4v) is 2.58. The number of halogens is 1. The van der Waals surface area contributed by atoms with Crippen LogP contribution < -0.4 is 5.73 Å². The van der Waals surface area contributed by atoms with Gasteiger partial charge < -0.3 is 5.73 Å². The highest BCUT2D eigenvalue weighted by Crippen LogP contribution is 2.24. The van der Waals surface area contributed by atoms with Gasteiger partial charge in [0, 0.05) is 13.1 Å². The maximum absolute atomic E-state index is 6.20. The molecular weight excluding hydrogens is 278 g/mol. The van der Waals surface area contributed by atoms with E-state index in [9.17, 15) is 0 Å². The molecule has 0 saturated carbocycles. The van der Waals surface area contributed by atoms with Crippen molar-refractivity contribution in [2.75, 3.05) is 0 Å². The van der Waals surface area contributed by atoms with Crippen LogP contribution in [0.1, 0.15) is 23.7 Å². The summed E-state index contributed by atoms with van der Waals surface area (Å²) in [5, 5.41) is 4.18. The number of hydrogen-bond donors (Lipinski definition) is 1. The van der Waals surface area contributed by atoms with E-state index in [4.69, 9.17) is 5.73 Å². The van der Waals surface area contributed by atoms with Crippen molar-refractivity contribution in [3.8, 4) is 0 Å². The maximum Gasteiger partial charge on any atom is 0.0690 e. The lowest BCUT2D eigenvalue weighted by molar-refractivity contribution is 0.580. The summed E-state index contributed by atoms with van der Waals surface area (Å²) in [5.41, 5.74) is 8.58. The van der Waals surface area contributed by atoms with E-state index in [1.807, 2.05) is 17.8 Å². The normalized spacial score (nSPS) is 12.6. The van der Waals surface area contributed by atoms with Gasteiger partial charge in [0.2, 0.25) is 0 Å². The van der Waals surface area contributed by atoms with E-state index in [-0.39, 0.29) is 6.04 Å². The molecule has 2 rings (SSSR count). The zero-order chi connectivity index (χ0) is 12.3. The van der Waals surface area contributed by atoms with Crippen molar-refractivity contribution in [2.45, 2.75) is 18.9 Å². The molecule has 17 heavy (non-hydrogen) atoms. The summed E-state index contributed by atoms with van der Waals surface area (Å²) in [6.45, 7) is 0. The van der Waals surface area contributed by atoms with E-state index in [1.54, 1.807) is 6.20 Å². The van der Waals surface area contributed by atoms with Gasteiger partial charge in [0.25, 0.3) is 0 Å². The lowest BCUT2D eigenvalue weighted by atomic mass is 10.0. The number of aromatic nitrogens is 2. The zero-order valence-corrected chi connectivity index (χ0v) is 11.4. The van der Waals surface area contributed by atoms with Gasteiger partial charge in [0.05, 0.1) is 16.4 Å². The van der Waals surface area contributed by atoms with Crippen LogP contribution >= 0.6 is 15.9 Å². The topological polar surface area (TPSA) is 43.8 Å². The first-order chi connectivity index (χ1) is 8.18. The highest BCUT2D eigenvalue weighted by Gasteiger charge is 2.14. The highest BCUT2D eigenvalue weighted by molar-refractivity contribution is 9.10. The van der Waals surface area contributed by atoms with Crippen molar-refractivity contribution in [1.29, 1.82) is 0 Å². The first-order valence-electron chi connectivity index (χ1n) is 5.65. The second kappa shape index (κ2) is 5.47. The molecule has 0 aliphatic carbocycles. The van der Waals surface area contributed by atoms with Crippen LogP contribution in [0.5, 0.6) is 0 Å². The fourth-order valence-electron chi connectivity index (χ4n) is 1.94. The van der Waals surface area contributed by atoms with Crippen molar-refractivity contribution in [2.24, 2.45) is 12.8 Å². The van der Waals surface area contributed by atoms with Gasteiger partial charge in [-0.2, -0.15) is 5.10 Å². The van der Waals surface area contributed by atoms with E-state index in [2.05, 4.69) is 45.3 Å². The van der Waals surface area contributed by atoms with Gasteiger partial charge in [-0.1, -0.05) is 30.3 Å². The van der Waals surface area contributed by atoms with Gasteiger partial charge in [-0.15, -0.1) is 0 Å². The molecule has 0 aliphatic rings. The number of rotatable bonds is 4. The van der Waals surface area contributed by atoms with Crippen LogP contribution in [0.3, 0.4) is 0 Å². The Morgan fingerprint density at radius 1 is 1.35 bits per heavy atom. The molecule has 1 aromatic carbocycles. The zero-order valence-electron chi connectivity index (χ0n) is 9.81. The van der Waals surface area contributed by atoms with Crippen molar-refractivity contribution in [3.05, 3.63) is 52.3 Å². The molecule has 0 aliphatic heterocycles. The molecule has 0 bridgehead atoms. The molecule has 4 heteroatoms. The van der Waals surface area contributed by atoms with E-state index in [1.165, 1.54) is 5.56 Å². The standard InChI is InChI=1S/C13H16BrN3/c1-17-13(11(14)9-16-17)12(15)8-7-10-5-3-2-4-6-10/h2-6,9,12H,7-8,15H2,1H3. The Morgan fingerprint density at radius 3 is 2.65 bits per heavy atom. The average molecular weight is 294 g/mol. The van der Waals surface area contributed by atoms with Crippen LogP contribution in [0, 0.1) is 0 Å². The summed E-state index contributed by atoms with van der Waals surface area (Å²) in [6.07, 6.45) is 3.69. The summed E-state index contributed by atoms with van der Waals surface area (Å²) < 4.78 is 2.82. The second-order valence-electron chi connectivity index (χ2n) is 4.13. The Balaban J connectivity index is 2.01. The van der Waals surface area contributed by atoms with Crippen LogP contribution in [0.15, 0.2) is 41.0 Å². The average Bonchev–Trinajstić information content (AvgIpc) is 2.67. The second-order valence-corrected chi connectivity index (χ2v) is 4.99. The molecule has 1 aromatic heterocycles. The smallest absolute Gasteiger partial charge is 0.0690 e. The summed E-state index contributed by atoms with van der Waals surface area (Å²) >= 11 is 3.48. The first-order valence-corrected chi connectivity index (χ1v) is 6.44. The minimum Gasteiger partial charge on any atom is -0.323 e. The van der Waals surface area contributed by atoms with Crippen LogP contribution in [-0.2, 0) is 13.5 Å². The highest BCUT2D eigenvalue weighted by atomic mass is 79.9. The third-order valence-corrected chi connectivity index (χ3v) is 3.49. The first kappa shape index (κ1) is 12.3. The molecular formula is C13H16BrN3. The van der Waals surface area contributed by atoms with Gasteiger partial charge in [-0.25, -0.2) is 0 Å². The molecule has 0 amide bonds. The predicted octanol–water partition coefficient (Wildman–Crippen LogP) is 2.82. The van der Waals surface area contributed by atoms with E-state index in [0.717, 1.165) is 23.0 Å². The van der Waals surface area contributed by atoms with E-state index >= 15 is 0 Å². The van der Waals surface area contributed by atoms with Crippen molar-refractivity contribution in [3.63, 3.8) is 0 Å². The Bertz CT molecular complexity index is 459. The number of aryl methyl sites for hydroxylation is 2. The summed E-state index contributed by atoms with van der Waals surface area (Å²) in [6, 6.07) is 10.4. The summed E-state index contributed by atoms with van der Waals surface area (Å²) in [7, 11) is 1.92. The molecule has 2 aromatic rings. The van der Waals surface area contributed by atoms with Crippen LogP contribution in [-0.4, -0.2) is 9.78 Å². The molecule has 90 valence electrons. The summed E-state index contributed by atoms with van der Waals surface area (Å²) in [4.78, 5) is 0. The predicted molar refractivity (Wildman–Crippen MR) is 72.6 cm³/mol. The quantitative estimate of drug-likeness (QED) is 0.942. The van der Waals surface area contributed by atoms with Crippen LogP contribution in [0.25, 0.3) is 0 Å². The van der Waals surface area contributed by atoms with Crippen LogP contribution in [0.2, 0.25) is 0 Å². The molecule has 0 saturated heterocycles. The van der Waals surface area contributed by atoms with Crippen molar-refractivity contribution >= 4 is 15.9 Å². The Labute approximate surface area is 110 Å². The molecule has 0 radical (unpaired) electrons. The van der Waals surface area contributed by atoms with Gasteiger partial charge in [-0.3, -0.25) is 4.68 Å². The molecule has 1 atom stereocenters. The number of nitrogens with two attached hydrogens (primary N) is 1. The Kier molecular flexibility index (Phi) is 3.97. The molecule has 1 heterocycles.